The molecule has 0 unspecified atom stereocenters. The standard InChI is InChI=1S/C10H10F3NO2/c1-2-9(15)16-6-3-4-7(8(14)5-6)10(11,12)13/h3-5H,2,14H2,1H3. The number of nitrogens with two attached hydrogens (primary N) is 1. The lowest BCUT2D eigenvalue weighted by Crippen LogP contribution is -2.10. The van der Waals surface area contributed by atoms with Gasteiger partial charge in [0.25, 0.3) is 0 Å². The summed E-state index contributed by atoms with van der Waals surface area (Å²) in [5.74, 6) is -0.517. The molecule has 0 aliphatic heterocycles. The van der Waals surface area contributed by atoms with Gasteiger partial charge in [0.15, 0.2) is 0 Å². The lowest BCUT2D eigenvalue weighted by atomic mass is 10.1. The van der Waals surface area contributed by atoms with Crippen LogP contribution in [0, 0.1) is 0 Å². The van der Waals surface area contributed by atoms with Crippen LogP contribution in [-0.4, -0.2) is 5.97 Å². The van der Waals surface area contributed by atoms with Gasteiger partial charge in [-0.25, -0.2) is 0 Å². The monoisotopic (exact) mass is 233 g/mol. The highest BCUT2D eigenvalue weighted by Gasteiger charge is 2.32. The Labute approximate surface area is 90.0 Å². The van der Waals surface area contributed by atoms with E-state index in [0.29, 0.717) is 0 Å². The van der Waals surface area contributed by atoms with Gasteiger partial charge in [0.1, 0.15) is 5.75 Å². The minimum Gasteiger partial charge on any atom is -0.426 e. The number of anilines is 1. The minimum absolute atomic E-state index is 0.0114. The summed E-state index contributed by atoms with van der Waals surface area (Å²) < 4.78 is 41.7. The van der Waals surface area contributed by atoms with Gasteiger partial charge in [-0.05, 0) is 12.1 Å². The van der Waals surface area contributed by atoms with Gasteiger partial charge in [-0.3, -0.25) is 4.79 Å². The molecule has 1 aromatic rings. The van der Waals surface area contributed by atoms with E-state index in [1.165, 1.54) is 0 Å². The van der Waals surface area contributed by atoms with Crippen LogP contribution in [0.3, 0.4) is 0 Å². The van der Waals surface area contributed by atoms with Gasteiger partial charge < -0.3 is 10.5 Å². The van der Waals surface area contributed by atoms with Gasteiger partial charge in [0.05, 0.1) is 5.56 Å². The molecule has 0 aromatic heterocycles. The van der Waals surface area contributed by atoms with Crippen LogP contribution < -0.4 is 10.5 Å². The molecule has 6 heteroatoms. The number of hydrogen-bond donors (Lipinski definition) is 1. The Hall–Kier alpha value is -1.72. The van der Waals surface area contributed by atoms with Crippen LogP contribution in [0.5, 0.6) is 5.75 Å². The van der Waals surface area contributed by atoms with Gasteiger partial charge >= 0.3 is 12.1 Å². The minimum atomic E-state index is -4.50. The number of nitrogen functional groups attached to an aromatic ring is 1. The Kier molecular flexibility index (Phi) is 3.41. The summed E-state index contributed by atoms with van der Waals surface area (Å²) in [6, 6.07) is 2.83. The summed E-state index contributed by atoms with van der Waals surface area (Å²) in [6.45, 7) is 1.58. The average molecular weight is 233 g/mol. The number of alkyl halides is 3. The summed E-state index contributed by atoms with van der Waals surface area (Å²) in [5, 5.41) is 0. The molecule has 1 rings (SSSR count). The molecule has 0 fully saturated rings. The number of benzene rings is 1. The molecule has 3 nitrogen and oxygen atoms in total. The maximum absolute atomic E-state index is 12.3. The second-order valence-electron chi connectivity index (χ2n) is 3.07. The van der Waals surface area contributed by atoms with Crippen molar-refractivity contribution < 1.29 is 22.7 Å². The molecule has 0 aliphatic rings. The highest BCUT2D eigenvalue weighted by Crippen LogP contribution is 2.35. The van der Waals surface area contributed by atoms with Crippen molar-refractivity contribution in [3.63, 3.8) is 0 Å². The summed E-state index contributed by atoms with van der Waals surface area (Å²) >= 11 is 0. The maximum Gasteiger partial charge on any atom is 0.418 e. The first-order valence-electron chi connectivity index (χ1n) is 4.52. The number of ether oxygens (including phenoxy) is 1. The smallest absolute Gasteiger partial charge is 0.418 e. The van der Waals surface area contributed by atoms with Crippen molar-refractivity contribution in [2.45, 2.75) is 19.5 Å². The molecule has 0 bridgehead atoms. The number of hydrogen-bond acceptors (Lipinski definition) is 3. The third-order valence-electron chi connectivity index (χ3n) is 1.85. The Morgan fingerprint density at radius 3 is 2.50 bits per heavy atom. The fourth-order valence-electron chi connectivity index (χ4n) is 1.07. The quantitative estimate of drug-likeness (QED) is 0.485. The lowest BCUT2D eigenvalue weighted by molar-refractivity contribution is -0.136. The van der Waals surface area contributed by atoms with Crippen molar-refractivity contribution in [2.24, 2.45) is 0 Å². The zero-order valence-corrected chi connectivity index (χ0v) is 8.47. The van der Waals surface area contributed by atoms with Crippen LogP contribution in [0.1, 0.15) is 18.9 Å². The van der Waals surface area contributed by atoms with Gasteiger partial charge in [-0.15, -0.1) is 0 Å². The summed E-state index contributed by atoms with van der Waals surface area (Å²) in [7, 11) is 0. The highest BCUT2D eigenvalue weighted by atomic mass is 19.4. The van der Waals surface area contributed by atoms with E-state index in [-0.39, 0.29) is 12.2 Å². The predicted octanol–water partition coefficient (Wildman–Crippen LogP) is 2.60. The first-order chi connectivity index (χ1) is 7.34. The predicted molar refractivity (Wildman–Crippen MR) is 51.8 cm³/mol. The van der Waals surface area contributed by atoms with Crippen molar-refractivity contribution in [3.05, 3.63) is 23.8 Å². The molecule has 88 valence electrons. The topological polar surface area (TPSA) is 52.3 Å². The zero-order valence-electron chi connectivity index (χ0n) is 8.47. The second kappa shape index (κ2) is 4.42. The molecule has 0 aliphatic carbocycles. The SMILES string of the molecule is CCC(=O)Oc1ccc(C(F)(F)F)c(N)c1. The third-order valence-corrected chi connectivity index (χ3v) is 1.85. The Morgan fingerprint density at radius 2 is 2.06 bits per heavy atom. The summed E-state index contributed by atoms with van der Waals surface area (Å²) in [4.78, 5) is 10.9. The van der Waals surface area contributed by atoms with E-state index in [1.54, 1.807) is 6.92 Å². The Morgan fingerprint density at radius 1 is 1.44 bits per heavy atom. The van der Waals surface area contributed by atoms with Crippen molar-refractivity contribution >= 4 is 11.7 Å². The maximum atomic E-state index is 12.3. The molecule has 0 radical (unpaired) electrons. The largest absolute Gasteiger partial charge is 0.426 e. The number of rotatable bonds is 2. The first kappa shape index (κ1) is 12.4. The second-order valence-corrected chi connectivity index (χ2v) is 3.07. The molecular weight excluding hydrogens is 223 g/mol. The van der Waals surface area contributed by atoms with Crippen LogP contribution >= 0.6 is 0 Å². The number of halogens is 3. The van der Waals surface area contributed by atoms with E-state index in [0.717, 1.165) is 18.2 Å². The summed E-state index contributed by atoms with van der Waals surface area (Å²) in [5.41, 5.74) is 3.81. The van der Waals surface area contributed by atoms with E-state index < -0.39 is 23.4 Å². The number of carbonyl (C=O) groups is 1. The fraction of sp³-hybridized carbons (Fsp3) is 0.300. The molecule has 0 atom stereocenters. The van der Waals surface area contributed by atoms with Gasteiger partial charge in [-0.2, -0.15) is 13.2 Å². The number of esters is 1. The van der Waals surface area contributed by atoms with E-state index in [4.69, 9.17) is 10.5 Å². The van der Waals surface area contributed by atoms with E-state index >= 15 is 0 Å². The Bertz CT molecular complexity index is 402. The van der Waals surface area contributed by atoms with E-state index in [9.17, 15) is 18.0 Å². The molecule has 0 spiro atoms. The molecule has 1 aromatic carbocycles. The molecule has 0 heterocycles. The zero-order chi connectivity index (χ0) is 12.3. The average Bonchev–Trinajstić information content (AvgIpc) is 2.15. The molecule has 0 saturated heterocycles. The highest BCUT2D eigenvalue weighted by molar-refractivity contribution is 5.72. The van der Waals surface area contributed by atoms with Crippen LogP contribution in [0.25, 0.3) is 0 Å². The van der Waals surface area contributed by atoms with Crippen LogP contribution in [-0.2, 0) is 11.0 Å². The molecule has 0 saturated carbocycles. The third kappa shape index (κ3) is 2.88. The van der Waals surface area contributed by atoms with Crippen molar-refractivity contribution in [3.8, 4) is 5.75 Å². The lowest BCUT2D eigenvalue weighted by Gasteiger charge is -2.11. The Balaban J connectivity index is 2.96. The van der Waals surface area contributed by atoms with Gasteiger partial charge in [0.2, 0.25) is 0 Å². The van der Waals surface area contributed by atoms with Crippen molar-refractivity contribution in [1.82, 2.24) is 0 Å². The summed E-state index contributed by atoms with van der Waals surface area (Å²) in [6.07, 6.45) is -4.36. The fourth-order valence-corrected chi connectivity index (χ4v) is 1.07. The van der Waals surface area contributed by atoms with E-state index in [1.807, 2.05) is 0 Å². The van der Waals surface area contributed by atoms with Crippen LogP contribution in [0.2, 0.25) is 0 Å². The first-order valence-corrected chi connectivity index (χ1v) is 4.52. The van der Waals surface area contributed by atoms with Crippen molar-refractivity contribution in [1.29, 1.82) is 0 Å². The van der Waals surface area contributed by atoms with Gasteiger partial charge in [-0.1, -0.05) is 6.92 Å². The van der Waals surface area contributed by atoms with E-state index in [2.05, 4.69) is 0 Å². The molecule has 0 amide bonds. The van der Waals surface area contributed by atoms with Crippen molar-refractivity contribution in [2.75, 3.05) is 5.73 Å². The normalized spacial score (nSPS) is 11.2. The number of carbonyl (C=O) groups excluding carboxylic acids is 1. The van der Waals surface area contributed by atoms with Crippen LogP contribution in [0.4, 0.5) is 18.9 Å². The van der Waals surface area contributed by atoms with Gasteiger partial charge in [0, 0.05) is 18.2 Å². The molecular formula is C10H10F3NO2. The molecule has 16 heavy (non-hydrogen) atoms. The molecule has 2 N–H and O–H groups in total. The van der Waals surface area contributed by atoms with Crippen LogP contribution in [0.15, 0.2) is 18.2 Å².